The normalized spacial score (nSPS) is 15.2. The lowest BCUT2D eigenvalue weighted by Crippen LogP contribution is -2.61. The maximum atomic E-state index is 14.9. The number of carbonyl (C=O) groups is 11. The van der Waals surface area contributed by atoms with E-state index in [4.69, 9.17) is 40.3 Å². The third-order valence-corrected chi connectivity index (χ3v) is 16.9. The minimum absolute atomic E-state index is 0.00426. The number of nitrogens with two attached hydrogens (primary N) is 5. The van der Waals surface area contributed by atoms with Gasteiger partial charge in [-0.15, -0.1) is 0 Å². The zero-order valence-electron chi connectivity index (χ0n) is 57.4. The van der Waals surface area contributed by atoms with Gasteiger partial charge < -0.3 is 91.6 Å². The summed E-state index contributed by atoms with van der Waals surface area (Å²) in [6.45, 7) is 5.28. The van der Waals surface area contributed by atoms with Gasteiger partial charge in [0.05, 0.1) is 6.61 Å². The van der Waals surface area contributed by atoms with E-state index in [1.807, 2.05) is 42.5 Å². The monoisotopic (exact) mass is 1430 g/mol. The van der Waals surface area contributed by atoms with Gasteiger partial charge in [-0.25, -0.2) is 0 Å². The lowest BCUT2D eigenvalue weighted by Gasteiger charge is -2.31. The van der Waals surface area contributed by atoms with Crippen LogP contribution in [0, 0.1) is 5.92 Å². The number of rotatable bonds is 38. The molecule has 4 aromatic carbocycles. The van der Waals surface area contributed by atoms with E-state index < -0.39 is 132 Å². The van der Waals surface area contributed by atoms with Crippen LogP contribution in [0.3, 0.4) is 0 Å². The Morgan fingerprint density at radius 3 is 1.53 bits per heavy atom. The fourth-order valence-electron chi connectivity index (χ4n) is 11.4. The SMILES string of the molecule is CC(=O)N[C@@H](Cc1ccc2ccccc2c1)C(=O)N[C@@H](Cc1ccc(Cl)cc1)C(=O)N[C@@H](Cc1cccnc1)C(=O)N[C@@H](CO)C(=O)N[C@@H](Cc1ccc(O)cc1)C(=O)N[C@@H](CCCN=C(N)N)C(=O)N[C@@H](CC(C)C)C(=O)N[C@@H](CCCN=C(N)N)C(=O)N1CCC[C@H]1C(=O)N[C@@H](C)C(N)=O. The summed E-state index contributed by atoms with van der Waals surface area (Å²) in [6.07, 6.45) is 2.92. The van der Waals surface area contributed by atoms with Gasteiger partial charge in [0, 0.05) is 69.7 Å². The molecule has 31 nitrogen and oxygen atoms in total. The summed E-state index contributed by atoms with van der Waals surface area (Å²) in [5.74, 6) is -9.91. The number of nitrogens with zero attached hydrogens (tertiary/aromatic N) is 4. The second-order valence-electron chi connectivity index (χ2n) is 25.4. The van der Waals surface area contributed by atoms with Gasteiger partial charge in [-0.05, 0) is 121 Å². The average molecular weight is 1430 g/mol. The molecule has 1 fully saturated rings. The Balaban J connectivity index is 1.26. The van der Waals surface area contributed by atoms with Crippen molar-refractivity contribution in [3.8, 4) is 5.75 Å². The first kappa shape index (κ1) is 80.0. The van der Waals surface area contributed by atoms with Crippen molar-refractivity contribution in [2.75, 3.05) is 26.2 Å². The number of primary amides is 1. The highest BCUT2D eigenvalue weighted by Gasteiger charge is 2.40. The van der Waals surface area contributed by atoms with E-state index in [0.29, 0.717) is 33.7 Å². The molecule has 1 aliphatic heterocycles. The van der Waals surface area contributed by atoms with Gasteiger partial charge in [-0.2, -0.15) is 0 Å². The molecule has 1 aromatic heterocycles. The number of aliphatic hydroxyl groups excluding tert-OH is 1. The number of halogens is 1. The predicted molar refractivity (Wildman–Crippen MR) is 382 cm³/mol. The number of aliphatic imine (C=N–C) groups is 2. The molecular weight excluding hydrogens is 1340 g/mol. The molecule has 1 saturated heterocycles. The van der Waals surface area contributed by atoms with E-state index in [9.17, 15) is 63.0 Å². The molecule has 548 valence electrons. The van der Waals surface area contributed by atoms with E-state index in [1.54, 1.807) is 50.2 Å². The van der Waals surface area contributed by atoms with Crippen LogP contribution in [0.25, 0.3) is 10.8 Å². The molecule has 11 amide bonds. The smallest absolute Gasteiger partial charge is 0.245 e. The highest BCUT2D eigenvalue weighted by Crippen LogP contribution is 2.22. The summed E-state index contributed by atoms with van der Waals surface area (Å²) >= 11 is 6.23. The number of aromatic hydroxyl groups is 1. The molecule has 10 atom stereocenters. The average Bonchev–Trinajstić information content (AvgIpc) is 1.13. The maximum Gasteiger partial charge on any atom is 0.245 e. The molecule has 21 N–H and O–H groups in total. The molecule has 102 heavy (non-hydrogen) atoms. The quantitative estimate of drug-likeness (QED) is 0.0127. The number of likely N-dealkylation sites (tertiary alicyclic amines) is 1. The molecule has 0 spiro atoms. The summed E-state index contributed by atoms with van der Waals surface area (Å²) in [6, 6.07) is 14.6. The van der Waals surface area contributed by atoms with Crippen molar-refractivity contribution in [2.24, 2.45) is 44.6 Å². The molecule has 0 unspecified atom stereocenters. The summed E-state index contributed by atoms with van der Waals surface area (Å²) < 4.78 is 0. The fourth-order valence-corrected chi connectivity index (χ4v) is 11.5. The van der Waals surface area contributed by atoms with Crippen molar-refractivity contribution < 1.29 is 63.0 Å². The van der Waals surface area contributed by atoms with Crippen LogP contribution in [0.15, 0.2) is 126 Å². The molecule has 5 aromatic rings. The first-order valence-electron chi connectivity index (χ1n) is 33.5. The van der Waals surface area contributed by atoms with Crippen molar-refractivity contribution in [3.63, 3.8) is 0 Å². The molecule has 2 heterocycles. The Bertz CT molecular complexity index is 3780. The Morgan fingerprint density at radius 2 is 1.00 bits per heavy atom. The van der Waals surface area contributed by atoms with Crippen LogP contribution >= 0.6 is 11.6 Å². The highest BCUT2D eigenvalue weighted by molar-refractivity contribution is 6.30. The first-order valence-corrected chi connectivity index (χ1v) is 33.9. The maximum absolute atomic E-state index is 14.9. The van der Waals surface area contributed by atoms with Crippen LogP contribution in [-0.2, 0) is 78.4 Å². The largest absolute Gasteiger partial charge is 0.508 e. The lowest BCUT2D eigenvalue weighted by atomic mass is 9.99. The topological polar surface area (TPSA) is 507 Å². The summed E-state index contributed by atoms with van der Waals surface area (Å²) in [5, 5.41) is 47.3. The van der Waals surface area contributed by atoms with Crippen LogP contribution in [0.5, 0.6) is 5.75 Å². The Morgan fingerprint density at radius 1 is 0.539 bits per heavy atom. The highest BCUT2D eigenvalue weighted by atomic mass is 35.5. The number of benzene rings is 4. The molecular formula is C70H93ClN18O13. The number of pyridine rings is 1. The Kier molecular flexibility index (Phi) is 31.2. The zero-order chi connectivity index (χ0) is 74.6. The number of phenols is 1. The number of fused-ring (bicyclic) bond motifs is 1. The van der Waals surface area contributed by atoms with Crippen LogP contribution in [0.1, 0.15) is 94.9 Å². The van der Waals surface area contributed by atoms with Crippen molar-refractivity contribution >= 4 is 99.3 Å². The second-order valence-corrected chi connectivity index (χ2v) is 25.8. The minimum Gasteiger partial charge on any atom is -0.508 e. The third kappa shape index (κ3) is 26.0. The summed E-state index contributed by atoms with van der Waals surface area (Å²) in [7, 11) is 0. The van der Waals surface area contributed by atoms with Crippen molar-refractivity contribution in [1.82, 2.24) is 57.7 Å². The fraction of sp³-hybridized carbons (Fsp3) is 0.429. The Hall–Kier alpha value is -10.9. The van der Waals surface area contributed by atoms with E-state index in [1.165, 1.54) is 55.4 Å². The van der Waals surface area contributed by atoms with E-state index >= 15 is 0 Å². The standard InChI is InChI=1S/C70H93ClN18O13/c1-39(2)31-52(61(95)83-51(15-9-29-79-70(75)76)68(102)89-30-10-16-58(89)67(101)80-40(3)59(72)93)84-60(94)50(14-8-28-78-69(73)74)82-63(97)54(34-43-20-25-49(92)26-21-43)87-66(100)57(38-90)88-65(99)56(36-45-11-7-27-77-37-45)86-64(98)55(33-42-18-23-48(71)24-19-42)85-62(96)53(81-41(4)91)35-44-17-22-46-12-5-6-13-47(46)32-44/h5-7,11-13,17-27,32,37,39-40,50-58,90,92H,8-10,14-16,28-31,33-36,38H2,1-4H3,(H2,72,93)(H,80,101)(H,81,91)(H,82,97)(H,83,95)(H,84,94)(H,85,96)(H,86,98)(H,87,100)(H,88,99)(H4,73,74,78)(H4,75,76,79)/t40-,50-,51-,52-,53-,54-,55-,56-,57-,58-/m0/s1. The Labute approximate surface area is 595 Å². The van der Waals surface area contributed by atoms with E-state index in [0.717, 1.165) is 10.8 Å². The number of aliphatic hydroxyl groups is 1. The number of hydrogen-bond donors (Lipinski definition) is 16. The van der Waals surface area contributed by atoms with Gasteiger partial charge in [0.25, 0.3) is 0 Å². The number of hydrogen-bond acceptors (Lipinski definition) is 16. The van der Waals surface area contributed by atoms with Crippen molar-refractivity contribution in [2.45, 2.75) is 159 Å². The molecule has 0 bridgehead atoms. The van der Waals surface area contributed by atoms with Crippen molar-refractivity contribution in [1.29, 1.82) is 0 Å². The van der Waals surface area contributed by atoms with Gasteiger partial charge in [0.15, 0.2) is 11.9 Å². The number of nitrogens with one attached hydrogen (secondary N) is 9. The number of amides is 11. The molecule has 0 aliphatic carbocycles. The third-order valence-electron chi connectivity index (χ3n) is 16.7. The molecule has 6 rings (SSSR count). The van der Waals surface area contributed by atoms with Gasteiger partial charge in [-0.1, -0.05) is 98.2 Å². The van der Waals surface area contributed by atoms with E-state index in [-0.39, 0.29) is 107 Å². The van der Waals surface area contributed by atoms with Crippen LogP contribution < -0.4 is 76.5 Å². The van der Waals surface area contributed by atoms with Gasteiger partial charge >= 0.3 is 0 Å². The van der Waals surface area contributed by atoms with Crippen molar-refractivity contribution in [3.05, 3.63) is 143 Å². The van der Waals surface area contributed by atoms with Crippen LogP contribution in [0.2, 0.25) is 5.02 Å². The zero-order valence-corrected chi connectivity index (χ0v) is 58.1. The molecule has 0 saturated carbocycles. The lowest BCUT2D eigenvalue weighted by molar-refractivity contribution is -0.142. The predicted octanol–water partition coefficient (Wildman–Crippen LogP) is -1.11. The number of aromatic nitrogens is 1. The van der Waals surface area contributed by atoms with Crippen LogP contribution in [-0.4, -0.2) is 184 Å². The van der Waals surface area contributed by atoms with Gasteiger partial charge in [0.2, 0.25) is 65.0 Å². The molecule has 1 aliphatic rings. The number of phenolic OH excluding ortho intramolecular Hbond substituents is 1. The minimum atomic E-state index is -1.84. The molecule has 32 heteroatoms. The molecule has 0 radical (unpaired) electrons. The number of guanidine groups is 2. The first-order chi connectivity index (χ1) is 48.6. The van der Waals surface area contributed by atoms with Crippen LogP contribution in [0.4, 0.5) is 0 Å². The van der Waals surface area contributed by atoms with E-state index in [2.05, 4.69) is 62.8 Å². The van der Waals surface area contributed by atoms with Gasteiger partial charge in [-0.3, -0.25) is 67.7 Å². The summed E-state index contributed by atoms with van der Waals surface area (Å²) in [4.78, 5) is 169. The summed E-state index contributed by atoms with van der Waals surface area (Å²) in [5.41, 5.74) is 29.8. The second kappa shape index (κ2) is 39.7. The number of carbonyl (C=O) groups excluding carboxylic acids is 11. The van der Waals surface area contributed by atoms with Gasteiger partial charge in [0.1, 0.15) is 66.2 Å².